The predicted molar refractivity (Wildman–Crippen MR) is 137 cm³/mol. The van der Waals surface area contributed by atoms with Crippen molar-refractivity contribution in [3.8, 4) is 0 Å². The highest BCUT2D eigenvalue weighted by Crippen LogP contribution is 2.45. The SMILES string of the molecule is COC1=C(C)C(=O)C2=C(C1=O)[C@H](CO[C@H]1C[C@](C)(O)[C@H](N(C)C)[C@H](C)O1)N1[C@@H](O)[C@@H]3C[C@@H](C(O)O)[C@@H](N3)[C@@H]1C2. The predicted octanol–water partition coefficient (Wildman–Crippen LogP) is -1.38. The summed E-state index contributed by atoms with van der Waals surface area (Å²) in [6, 6.07) is -2.44. The summed E-state index contributed by atoms with van der Waals surface area (Å²) >= 11 is 0. The minimum Gasteiger partial charge on any atom is -0.492 e. The first-order valence-electron chi connectivity index (χ1n) is 13.6. The van der Waals surface area contributed by atoms with Crippen LogP contribution >= 0.6 is 0 Å². The highest BCUT2D eigenvalue weighted by Gasteiger charge is 2.58. The normalized spacial score (nSPS) is 42.9. The number of likely N-dealkylation sites (N-methyl/N-ethyl adjacent to an activating group) is 1. The first-order chi connectivity index (χ1) is 18.3. The van der Waals surface area contributed by atoms with Crippen molar-refractivity contribution in [1.82, 2.24) is 15.1 Å². The molecule has 4 heterocycles. The molecule has 10 atom stereocenters. The molecule has 12 heteroatoms. The van der Waals surface area contributed by atoms with E-state index in [1.165, 1.54) is 7.11 Å². The van der Waals surface area contributed by atoms with Gasteiger partial charge in [-0.05, 0) is 47.7 Å². The van der Waals surface area contributed by atoms with E-state index in [9.17, 15) is 30.0 Å². The molecule has 0 saturated carbocycles. The number of nitrogens with one attached hydrogen (secondary N) is 1. The second kappa shape index (κ2) is 10.3. The minimum absolute atomic E-state index is 0.0299. The fourth-order valence-corrected chi connectivity index (χ4v) is 7.84. The van der Waals surface area contributed by atoms with E-state index in [4.69, 9.17) is 14.2 Å². The second-order valence-electron chi connectivity index (χ2n) is 12.0. The molecule has 0 unspecified atom stereocenters. The molecule has 0 amide bonds. The Hall–Kier alpha value is -1.74. The van der Waals surface area contributed by atoms with E-state index < -0.39 is 60.3 Å². The lowest BCUT2D eigenvalue weighted by molar-refractivity contribution is -0.261. The van der Waals surface area contributed by atoms with Crippen molar-refractivity contribution in [2.75, 3.05) is 27.8 Å². The summed E-state index contributed by atoms with van der Waals surface area (Å²) in [7, 11) is 5.10. The van der Waals surface area contributed by atoms with Gasteiger partial charge >= 0.3 is 0 Å². The molecule has 0 spiro atoms. The van der Waals surface area contributed by atoms with Crippen molar-refractivity contribution >= 4 is 11.6 Å². The highest BCUT2D eigenvalue weighted by atomic mass is 16.7. The number of aliphatic hydroxyl groups excluding tert-OH is 2. The number of hydrogen-bond donors (Lipinski definition) is 5. The molecule has 3 fully saturated rings. The van der Waals surface area contributed by atoms with Gasteiger partial charge in [0, 0.05) is 47.2 Å². The summed E-state index contributed by atoms with van der Waals surface area (Å²) in [4.78, 5) is 30.9. The number of ether oxygens (including phenoxy) is 3. The number of rotatable bonds is 6. The quantitative estimate of drug-likeness (QED) is 0.195. The number of aliphatic hydroxyl groups is 4. The van der Waals surface area contributed by atoms with Crippen LogP contribution < -0.4 is 5.32 Å². The van der Waals surface area contributed by atoms with Crippen LogP contribution in [0.25, 0.3) is 0 Å². The fourth-order valence-electron chi connectivity index (χ4n) is 7.84. The standard InChI is InChI=1S/C27H41N3O9/c1-11-21(31)13-8-16-20-14(26(34)35)7-15(28-20)25(33)30(16)17(19(13)22(32)23(11)37-6)10-38-18-9-27(3,36)24(29(4)5)12(2)39-18/h12,14-18,20,24-26,28,33-36H,7-10H2,1-6H3/t12-,14+,15-,16-,17-,18+,20+,24+,25-,27-/m0/s1. The monoisotopic (exact) mass is 551 g/mol. The molecule has 218 valence electrons. The molecule has 12 nitrogen and oxygen atoms in total. The van der Waals surface area contributed by atoms with Crippen LogP contribution in [0.5, 0.6) is 0 Å². The molecule has 0 aromatic heterocycles. The van der Waals surface area contributed by atoms with E-state index in [0.717, 1.165) is 0 Å². The molecule has 4 aliphatic heterocycles. The van der Waals surface area contributed by atoms with Gasteiger partial charge in [0.1, 0.15) is 6.23 Å². The summed E-state index contributed by atoms with van der Waals surface area (Å²) < 4.78 is 17.7. The third kappa shape index (κ3) is 4.59. The Kier molecular flexibility index (Phi) is 7.58. The number of allylic oxidation sites excluding steroid dienone is 2. The summed E-state index contributed by atoms with van der Waals surface area (Å²) in [6.07, 6.45) is -3.12. The molecule has 0 aromatic rings. The molecule has 3 saturated heterocycles. The van der Waals surface area contributed by atoms with Crippen molar-refractivity contribution < 1.29 is 44.2 Å². The second-order valence-corrected chi connectivity index (χ2v) is 12.0. The van der Waals surface area contributed by atoms with Gasteiger partial charge in [-0.1, -0.05) is 0 Å². The van der Waals surface area contributed by atoms with E-state index >= 15 is 0 Å². The van der Waals surface area contributed by atoms with E-state index in [2.05, 4.69) is 5.32 Å². The maximum Gasteiger partial charge on any atom is 0.226 e. The van der Waals surface area contributed by atoms with E-state index in [1.54, 1.807) is 18.7 Å². The van der Waals surface area contributed by atoms with Gasteiger partial charge in [0.2, 0.25) is 5.78 Å². The molecule has 5 rings (SSSR count). The molecular formula is C27H41N3O9. The third-order valence-electron chi connectivity index (χ3n) is 9.31. The van der Waals surface area contributed by atoms with E-state index in [1.807, 2.05) is 25.9 Å². The Morgan fingerprint density at radius 2 is 1.95 bits per heavy atom. The summed E-state index contributed by atoms with van der Waals surface area (Å²) in [6.45, 7) is 5.07. The first kappa shape index (κ1) is 28.8. The van der Waals surface area contributed by atoms with Gasteiger partial charge in [-0.25, -0.2) is 0 Å². The number of nitrogens with zero attached hydrogens (tertiary/aromatic N) is 2. The van der Waals surface area contributed by atoms with Crippen LogP contribution in [0.15, 0.2) is 22.5 Å². The number of Topliss-reactive ketones (excluding diaryl/α,β-unsaturated/α-hetero) is 2. The maximum atomic E-state index is 13.7. The zero-order valence-corrected chi connectivity index (χ0v) is 23.3. The Morgan fingerprint density at radius 3 is 2.54 bits per heavy atom. The average molecular weight is 552 g/mol. The number of methoxy groups -OCH3 is 1. The van der Waals surface area contributed by atoms with E-state index in [-0.39, 0.29) is 54.3 Å². The van der Waals surface area contributed by atoms with Crippen LogP contribution in [0.3, 0.4) is 0 Å². The lowest BCUT2D eigenvalue weighted by atomic mass is 9.75. The van der Waals surface area contributed by atoms with Gasteiger partial charge in [0.05, 0.1) is 37.5 Å². The molecule has 5 N–H and O–H groups in total. The van der Waals surface area contributed by atoms with Gasteiger partial charge < -0.3 is 44.9 Å². The number of piperazine rings is 1. The number of ketones is 2. The molecule has 0 radical (unpaired) electrons. The lowest BCUT2D eigenvalue weighted by Gasteiger charge is -2.53. The Morgan fingerprint density at radius 1 is 1.26 bits per heavy atom. The van der Waals surface area contributed by atoms with Crippen LogP contribution in [-0.4, -0.2) is 130 Å². The van der Waals surface area contributed by atoms with Crippen molar-refractivity contribution in [2.45, 2.75) is 101 Å². The largest absolute Gasteiger partial charge is 0.492 e. The Balaban J connectivity index is 1.49. The van der Waals surface area contributed by atoms with Crippen molar-refractivity contribution in [1.29, 1.82) is 0 Å². The minimum atomic E-state index is -1.60. The van der Waals surface area contributed by atoms with Gasteiger partial charge in [0.15, 0.2) is 24.1 Å². The summed E-state index contributed by atoms with van der Waals surface area (Å²) in [5.74, 6) is -1.31. The average Bonchev–Trinajstić information content (AvgIpc) is 3.25. The van der Waals surface area contributed by atoms with Crippen LogP contribution in [0.2, 0.25) is 0 Å². The third-order valence-corrected chi connectivity index (χ3v) is 9.31. The zero-order chi connectivity index (χ0) is 28.5. The molecule has 39 heavy (non-hydrogen) atoms. The van der Waals surface area contributed by atoms with E-state index in [0.29, 0.717) is 12.0 Å². The molecular weight excluding hydrogens is 510 g/mol. The van der Waals surface area contributed by atoms with Crippen LogP contribution in [0.1, 0.15) is 40.0 Å². The highest BCUT2D eigenvalue weighted by molar-refractivity contribution is 6.25. The van der Waals surface area contributed by atoms with Crippen LogP contribution in [0.4, 0.5) is 0 Å². The van der Waals surface area contributed by atoms with Crippen molar-refractivity contribution in [3.05, 3.63) is 22.5 Å². The Labute approximate surface area is 228 Å². The van der Waals surface area contributed by atoms with Crippen LogP contribution in [0, 0.1) is 5.92 Å². The number of hydrogen-bond acceptors (Lipinski definition) is 12. The zero-order valence-electron chi connectivity index (χ0n) is 23.3. The maximum absolute atomic E-state index is 13.7. The van der Waals surface area contributed by atoms with Gasteiger partial charge in [-0.15, -0.1) is 0 Å². The molecule has 1 aliphatic carbocycles. The molecule has 2 bridgehead atoms. The fraction of sp³-hybridized carbons (Fsp3) is 0.778. The molecule has 5 aliphatic rings. The first-order valence-corrected chi connectivity index (χ1v) is 13.6. The van der Waals surface area contributed by atoms with Gasteiger partial charge in [-0.3, -0.25) is 14.5 Å². The summed E-state index contributed by atoms with van der Waals surface area (Å²) in [5.41, 5.74) is -0.335. The number of carbonyl (C=O) groups excluding carboxylic acids is 2. The number of carbonyl (C=O) groups is 2. The topological polar surface area (TPSA) is 161 Å². The Bertz CT molecular complexity index is 1090. The van der Waals surface area contributed by atoms with Gasteiger partial charge in [0.25, 0.3) is 0 Å². The van der Waals surface area contributed by atoms with Crippen LogP contribution in [-0.2, 0) is 23.8 Å². The summed E-state index contributed by atoms with van der Waals surface area (Å²) in [5, 5.41) is 46.1. The van der Waals surface area contributed by atoms with Gasteiger partial charge in [-0.2, -0.15) is 0 Å². The molecule has 0 aromatic carbocycles. The van der Waals surface area contributed by atoms with Crippen molar-refractivity contribution in [2.24, 2.45) is 5.92 Å². The van der Waals surface area contributed by atoms with Crippen molar-refractivity contribution in [3.63, 3.8) is 0 Å². The lowest BCUT2D eigenvalue weighted by Crippen LogP contribution is -2.70. The smallest absolute Gasteiger partial charge is 0.226 e. The number of fused-ring (bicyclic) bond motifs is 4.